The van der Waals surface area contributed by atoms with Gasteiger partial charge in [0.1, 0.15) is 17.6 Å². The average molecular weight is 288 g/mol. The van der Waals surface area contributed by atoms with Gasteiger partial charge in [0.15, 0.2) is 11.5 Å². The van der Waals surface area contributed by atoms with E-state index < -0.39 is 0 Å². The molecule has 1 atom stereocenters. The van der Waals surface area contributed by atoms with Crippen LogP contribution in [0, 0.1) is 0 Å². The Morgan fingerprint density at radius 2 is 1.86 bits per heavy atom. The van der Waals surface area contributed by atoms with E-state index in [1.54, 1.807) is 18.2 Å². The van der Waals surface area contributed by atoms with Crippen molar-refractivity contribution in [3.63, 3.8) is 0 Å². The van der Waals surface area contributed by atoms with Gasteiger partial charge >= 0.3 is 0 Å². The number of hydrogen-bond donors (Lipinski definition) is 3. The van der Waals surface area contributed by atoms with Gasteiger partial charge in [-0.1, -0.05) is 18.2 Å². The van der Waals surface area contributed by atoms with Gasteiger partial charge in [-0.2, -0.15) is 0 Å². The zero-order valence-corrected chi connectivity index (χ0v) is 11.5. The van der Waals surface area contributed by atoms with Crippen LogP contribution < -0.4 is 9.47 Å². The molecule has 0 radical (unpaired) electrons. The molecule has 2 aromatic carbocycles. The van der Waals surface area contributed by atoms with Crippen molar-refractivity contribution in [1.82, 2.24) is 0 Å². The first kappa shape index (κ1) is 13.4. The fourth-order valence-electron chi connectivity index (χ4n) is 2.67. The van der Waals surface area contributed by atoms with Gasteiger partial charge in [-0.3, -0.25) is 0 Å². The van der Waals surface area contributed by atoms with Crippen molar-refractivity contribution < 1.29 is 24.8 Å². The molecule has 0 unspecified atom stereocenters. The van der Waals surface area contributed by atoms with Gasteiger partial charge in [-0.15, -0.1) is 0 Å². The first-order valence-corrected chi connectivity index (χ1v) is 6.68. The molecule has 110 valence electrons. The number of phenols is 3. The van der Waals surface area contributed by atoms with Gasteiger partial charge in [0.25, 0.3) is 0 Å². The van der Waals surface area contributed by atoms with E-state index in [-0.39, 0.29) is 29.1 Å². The van der Waals surface area contributed by atoms with E-state index in [1.807, 2.05) is 6.07 Å². The molecule has 2 aromatic rings. The maximum atomic E-state index is 9.94. The van der Waals surface area contributed by atoms with Crippen molar-refractivity contribution in [3.8, 4) is 28.7 Å². The summed E-state index contributed by atoms with van der Waals surface area (Å²) in [7, 11) is 1.43. The van der Waals surface area contributed by atoms with Gasteiger partial charge in [0.2, 0.25) is 5.75 Å². The summed E-state index contributed by atoms with van der Waals surface area (Å²) in [6, 6.07) is 8.21. The molecule has 0 saturated heterocycles. The molecular weight excluding hydrogens is 272 g/mol. The molecule has 1 aliphatic rings. The van der Waals surface area contributed by atoms with Crippen LogP contribution in [0.5, 0.6) is 28.7 Å². The van der Waals surface area contributed by atoms with Crippen LogP contribution in [0.25, 0.3) is 0 Å². The van der Waals surface area contributed by atoms with Crippen LogP contribution in [0.2, 0.25) is 0 Å². The minimum atomic E-state index is -0.353. The number of phenolic OH excluding ortho intramolecular Hbond substituents is 3. The Hall–Kier alpha value is -2.56. The third-order valence-electron chi connectivity index (χ3n) is 3.70. The Kier molecular flexibility index (Phi) is 3.25. The maximum absolute atomic E-state index is 9.94. The minimum Gasteiger partial charge on any atom is -0.508 e. The van der Waals surface area contributed by atoms with E-state index in [1.165, 1.54) is 13.2 Å². The molecule has 0 aliphatic carbocycles. The van der Waals surface area contributed by atoms with Crippen molar-refractivity contribution >= 4 is 0 Å². The summed E-state index contributed by atoms with van der Waals surface area (Å²) in [4.78, 5) is 0. The topological polar surface area (TPSA) is 79.2 Å². The Morgan fingerprint density at radius 1 is 1.10 bits per heavy atom. The monoisotopic (exact) mass is 288 g/mol. The number of benzene rings is 2. The lowest BCUT2D eigenvalue weighted by Crippen LogP contribution is -2.16. The lowest BCUT2D eigenvalue weighted by molar-refractivity contribution is 0.162. The van der Waals surface area contributed by atoms with E-state index in [0.717, 1.165) is 0 Å². The van der Waals surface area contributed by atoms with Crippen LogP contribution in [-0.2, 0) is 6.42 Å². The van der Waals surface area contributed by atoms with E-state index in [0.29, 0.717) is 29.7 Å². The van der Waals surface area contributed by atoms with Crippen LogP contribution in [-0.4, -0.2) is 22.4 Å². The summed E-state index contributed by atoms with van der Waals surface area (Å²) in [5, 5.41) is 29.7. The molecule has 5 nitrogen and oxygen atoms in total. The number of rotatable bonds is 2. The Balaban J connectivity index is 2.04. The van der Waals surface area contributed by atoms with Crippen molar-refractivity contribution in [2.45, 2.75) is 18.9 Å². The first-order chi connectivity index (χ1) is 10.1. The predicted octanol–water partition coefficient (Wildman–Crippen LogP) is 2.88. The molecular formula is C16H16O5. The number of methoxy groups -OCH3 is 1. The summed E-state index contributed by atoms with van der Waals surface area (Å²) in [6.07, 6.45) is 0.830. The highest BCUT2D eigenvalue weighted by Gasteiger charge is 2.29. The molecule has 1 aliphatic heterocycles. The van der Waals surface area contributed by atoms with Crippen molar-refractivity contribution in [2.24, 2.45) is 0 Å². The molecule has 0 spiro atoms. The first-order valence-electron chi connectivity index (χ1n) is 6.68. The molecule has 0 fully saturated rings. The number of ether oxygens (including phenoxy) is 2. The molecule has 3 rings (SSSR count). The molecule has 21 heavy (non-hydrogen) atoms. The lowest BCUT2D eigenvalue weighted by atomic mass is 9.95. The molecule has 0 saturated carbocycles. The number of fused-ring (bicyclic) bond motifs is 1. The number of hydrogen-bond acceptors (Lipinski definition) is 5. The summed E-state index contributed by atoms with van der Waals surface area (Å²) >= 11 is 0. The smallest absolute Gasteiger partial charge is 0.203 e. The molecule has 5 heteroatoms. The van der Waals surface area contributed by atoms with Gasteiger partial charge < -0.3 is 24.8 Å². The van der Waals surface area contributed by atoms with Gasteiger partial charge in [0, 0.05) is 17.2 Å². The standard InChI is InChI=1S/C16H16O5/c1-20-16-13(19)8-12(18)10-6-7-14(21-15(10)16)9-4-2-3-5-11(9)17/h2-5,8,14,17-19H,6-7H2,1H3/t14-/m0/s1. The average Bonchev–Trinajstić information content (AvgIpc) is 2.47. The third-order valence-corrected chi connectivity index (χ3v) is 3.70. The van der Waals surface area contributed by atoms with Gasteiger partial charge in [-0.25, -0.2) is 0 Å². The van der Waals surface area contributed by atoms with Crippen LogP contribution in [0.15, 0.2) is 30.3 Å². The van der Waals surface area contributed by atoms with Crippen molar-refractivity contribution in [2.75, 3.05) is 7.11 Å². The van der Waals surface area contributed by atoms with Crippen molar-refractivity contribution in [3.05, 3.63) is 41.5 Å². The second-order valence-corrected chi connectivity index (χ2v) is 4.96. The highest BCUT2D eigenvalue weighted by Crippen LogP contribution is 2.50. The Morgan fingerprint density at radius 3 is 2.57 bits per heavy atom. The van der Waals surface area contributed by atoms with Gasteiger partial charge in [0.05, 0.1) is 7.11 Å². The summed E-state index contributed by atoms with van der Waals surface area (Å²) in [5.41, 5.74) is 1.28. The molecule has 0 aromatic heterocycles. The van der Waals surface area contributed by atoms with E-state index in [4.69, 9.17) is 9.47 Å². The largest absolute Gasteiger partial charge is 0.508 e. The SMILES string of the molecule is COc1c(O)cc(O)c2c1O[C@H](c1ccccc1O)CC2. The van der Waals surface area contributed by atoms with E-state index >= 15 is 0 Å². The second-order valence-electron chi connectivity index (χ2n) is 4.96. The number of para-hydroxylation sites is 1. The summed E-state index contributed by atoms with van der Waals surface area (Å²) < 4.78 is 11.0. The molecule has 0 amide bonds. The minimum absolute atomic E-state index is 0.0148. The summed E-state index contributed by atoms with van der Waals surface area (Å²) in [5.74, 6) is 0.498. The van der Waals surface area contributed by atoms with E-state index in [9.17, 15) is 15.3 Å². The zero-order chi connectivity index (χ0) is 15.0. The lowest BCUT2D eigenvalue weighted by Gasteiger charge is -2.28. The molecule has 0 bridgehead atoms. The van der Waals surface area contributed by atoms with Gasteiger partial charge in [-0.05, 0) is 18.9 Å². The molecule has 3 N–H and O–H groups in total. The maximum Gasteiger partial charge on any atom is 0.203 e. The fourth-order valence-corrected chi connectivity index (χ4v) is 2.67. The van der Waals surface area contributed by atoms with Crippen LogP contribution in [0.3, 0.4) is 0 Å². The molecule has 1 heterocycles. The van der Waals surface area contributed by atoms with Crippen LogP contribution in [0.4, 0.5) is 0 Å². The third kappa shape index (κ3) is 2.20. The normalized spacial score (nSPS) is 16.9. The highest BCUT2D eigenvalue weighted by molar-refractivity contribution is 5.61. The summed E-state index contributed by atoms with van der Waals surface area (Å²) in [6.45, 7) is 0. The van der Waals surface area contributed by atoms with Crippen LogP contribution >= 0.6 is 0 Å². The number of aromatic hydroxyl groups is 3. The van der Waals surface area contributed by atoms with Crippen LogP contribution in [0.1, 0.15) is 23.7 Å². The predicted molar refractivity (Wildman–Crippen MR) is 76.1 cm³/mol. The highest BCUT2D eigenvalue weighted by atomic mass is 16.5. The quantitative estimate of drug-likeness (QED) is 0.792. The Labute approximate surface area is 122 Å². The fraction of sp³-hybridized carbons (Fsp3) is 0.250. The van der Waals surface area contributed by atoms with E-state index in [2.05, 4.69) is 0 Å². The second kappa shape index (κ2) is 5.09. The van der Waals surface area contributed by atoms with Crippen molar-refractivity contribution in [1.29, 1.82) is 0 Å². The zero-order valence-electron chi connectivity index (χ0n) is 11.5. The Bertz CT molecular complexity index is 660.